The Labute approximate surface area is 142 Å². The standard InChI is InChI=1S/C16H18F2N2O5/c1-9-12(14(21)24-8-7-23-2)13(20-16(22)19-9)10-3-5-11(6-4-10)25-15(17)18/h3-6,12-13,15H,1,7-8H2,2H3,(H2,19,20,22)/t12-,13+/m0/s1. The molecule has 1 heterocycles. The van der Waals surface area contributed by atoms with Crippen LogP contribution in [0.25, 0.3) is 0 Å². The summed E-state index contributed by atoms with van der Waals surface area (Å²) in [5.41, 5.74) is 0.704. The molecule has 1 aromatic carbocycles. The van der Waals surface area contributed by atoms with Gasteiger partial charge in [-0.15, -0.1) is 0 Å². The van der Waals surface area contributed by atoms with Gasteiger partial charge in [0, 0.05) is 12.8 Å². The molecule has 2 N–H and O–H groups in total. The summed E-state index contributed by atoms with van der Waals surface area (Å²) >= 11 is 0. The van der Waals surface area contributed by atoms with Gasteiger partial charge in [-0.25, -0.2) is 4.79 Å². The Morgan fingerprint density at radius 3 is 2.56 bits per heavy atom. The van der Waals surface area contributed by atoms with Crippen molar-refractivity contribution in [3.05, 3.63) is 42.1 Å². The normalized spacial score (nSPS) is 20.0. The third-order valence-electron chi connectivity index (χ3n) is 3.52. The van der Waals surface area contributed by atoms with Gasteiger partial charge in [-0.2, -0.15) is 8.78 Å². The number of esters is 1. The molecule has 1 saturated heterocycles. The smallest absolute Gasteiger partial charge is 0.387 e. The fraction of sp³-hybridized carbons (Fsp3) is 0.375. The first kappa shape index (κ1) is 18.7. The van der Waals surface area contributed by atoms with Crippen molar-refractivity contribution in [1.29, 1.82) is 0 Å². The molecular formula is C16H18F2N2O5. The number of methoxy groups -OCH3 is 1. The van der Waals surface area contributed by atoms with E-state index in [9.17, 15) is 18.4 Å². The predicted octanol–water partition coefficient (Wildman–Crippen LogP) is 1.96. The summed E-state index contributed by atoms with van der Waals surface area (Å²) in [5, 5.41) is 5.05. The number of rotatable bonds is 7. The molecule has 9 heteroatoms. The Hall–Kier alpha value is -2.68. The van der Waals surface area contributed by atoms with Crippen molar-refractivity contribution in [2.45, 2.75) is 12.7 Å². The molecule has 1 fully saturated rings. The second-order valence-electron chi connectivity index (χ2n) is 5.19. The van der Waals surface area contributed by atoms with Crippen molar-refractivity contribution in [2.75, 3.05) is 20.3 Å². The molecule has 2 amide bonds. The number of amides is 2. The lowest BCUT2D eigenvalue weighted by molar-refractivity contribution is -0.149. The third-order valence-corrected chi connectivity index (χ3v) is 3.52. The molecule has 1 aliphatic heterocycles. The first-order chi connectivity index (χ1) is 11.9. The Balaban J connectivity index is 2.19. The maximum absolute atomic E-state index is 12.3. The van der Waals surface area contributed by atoms with Crippen LogP contribution in [0.5, 0.6) is 5.75 Å². The maximum Gasteiger partial charge on any atom is 0.387 e. The highest BCUT2D eigenvalue weighted by Crippen LogP contribution is 2.31. The first-order valence-electron chi connectivity index (χ1n) is 7.39. The van der Waals surface area contributed by atoms with Gasteiger partial charge in [0.05, 0.1) is 12.6 Å². The minimum absolute atomic E-state index is 0.0305. The van der Waals surface area contributed by atoms with Crippen molar-refractivity contribution in [2.24, 2.45) is 5.92 Å². The monoisotopic (exact) mass is 356 g/mol. The molecule has 1 aromatic rings. The molecule has 0 radical (unpaired) electrons. The number of carbonyl (C=O) groups is 2. The van der Waals surface area contributed by atoms with Gasteiger partial charge in [0.25, 0.3) is 0 Å². The number of benzene rings is 1. The van der Waals surface area contributed by atoms with Crippen molar-refractivity contribution >= 4 is 12.0 Å². The topological polar surface area (TPSA) is 85.9 Å². The largest absolute Gasteiger partial charge is 0.463 e. The third kappa shape index (κ3) is 4.90. The Bertz CT molecular complexity index is 636. The van der Waals surface area contributed by atoms with Gasteiger partial charge in [-0.05, 0) is 17.7 Å². The number of hydrogen-bond acceptors (Lipinski definition) is 5. The average Bonchev–Trinajstić information content (AvgIpc) is 2.54. The van der Waals surface area contributed by atoms with Crippen molar-refractivity contribution < 1.29 is 32.6 Å². The van der Waals surface area contributed by atoms with E-state index in [-0.39, 0.29) is 24.7 Å². The summed E-state index contributed by atoms with van der Waals surface area (Å²) in [7, 11) is 1.47. The van der Waals surface area contributed by atoms with Gasteiger partial charge in [-0.1, -0.05) is 18.7 Å². The minimum Gasteiger partial charge on any atom is -0.463 e. The summed E-state index contributed by atoms with van der Waals surface area (Å²) in [4.78, 5) is 24.1. The Morgan fingerprint density at radius 2 is 1.96 bits per heavy atom. The van der Waals surface area contributed by atoms with Crippen molar-refractivity contribution in [3.63, 3.8) is 0 Å². The lowest BCUT2D eigenvalue weighted by atomic mass is 9.89. The number of halogens is 2. The zero-order valence-electron chi connectivity index (χ0n) is 13.5. The Kier molecular flexibility index (Phi) is 6.29. The van der Waals surface area contributed by atoms with E-state index in [0.717, 1.165) is 0 Å². The van der Waals surface area contributed by atoms with E-state index < -0.39 is 30.6 Å². The van der Waals surface area contributed by atoms with Gasteiger partial charge in [0.1, 0.15) is 18.3 Å². The fourth-order valence-corrected chi connectivity index (χ4v) is 2.41. The van der Waals surface area contributed by atoms with Gasteiger partial charge >= 0.3 is 18.6 Å². The molecule has 0 aromatic heterocycles. The molecule has 0 unspecified atom stereocenters. The number of ether oxygens (including phenoxy) is 3. The van der Waals surface area contributed by atoms with Crippen LogP contribution in [0.15, 0.2) is 36.5 Å². The van der Waals surface area contributed by atoms with Crippen molar-refractivity contribution in [3.8, 4) is 5.75 Å². The zero-order valence-corrected chi connectivity index (χ0v) is 13.5. The van der Waals surface area contributed by atoms with Crippen LogP contribution in [-0.4, -0.2) is 38.9 Å². The summed E-state index contributed by atoms with van der Waals surface area (Å²) in [6, 6.07) is 4.34. The van der Waals surface area contributed by atoms with Gasteiger partial charge in [-0.3, -0.25) is 4.79 Å². The average molecular weight is 356 g/mol. The van der Waals surface area contributed by atoms with Crippen LogP contribution in [0.3, 0.4) is 0 Å². The number of alkyl halides is 2. The molecule has 2 rings (SSSR count). The summed E-state index contributed by atoms with van der Waals surface area (Å²) in [6.07, 6.45) is 0. The lowest BCUT2D eigenvalue weighted by Crippen LogP contribution is -2.51. The minimum atomic E-state index is -2.94. The van der Waals surface area contributed by atoms with Gasteiger partial charge < -0.3 is 24.8 Å². The first-order valence-corrected chi connectivity index (χ1v) is 7.39. The van der Waals surface area contributed by atoms with E-state index in [0.29, 0.717) is 5.56 Å². The van der Waals surface area contributed by atoms with Crippen LogP contribution in [0.1, 0.15) is 11.6 Å². The quantitative estimate of drug-likeness (QED) is 0.576. The summed E-state index contributed by atoms with van der Waals surface area (Å²) < 4.78 is 38.7. The highest BCUT2D eigenvalue weighted by atomic mass is 19.3. The molecule has 1 aliphatic rings. The molecule has 7 nitrogen and oxygen atoms in total. The second-order valence-corrected chi connectivity index (χ2v) is 5.19. The number of carbonyl (C=O) groups excluding carboxylic acids is 2. The van der Waals surface area contributed by atoms with Crippen LogP contribution in [0, 0.1) is 5.92 Å². The Morgan fingerprint density at radius 1 is 1.28 bits per heavy atom. The maximum atomic E-state index is 12.3. The fourth-order valence-electron chi connectivity index (χ4n) is 2.41. The van der Waals surface area contributed by atoms with E-state index in [4.69, 9.17) is 9.47 Å². The van der Waals surface area contributed by atoms with Crippen LogP contribution >= 0.6 is 0 Å². The van der Waals surface area contributed by atoms with E-state index in [2.05, 4.69) is 21.9 Å². The molecule has 0 bridgehead atoms. The molecule has 0 spiro atoms. The molecule has 136 valence electrons. The molecule has 2 atom stereocenters. The number of hydrogen-bond donors (Lipinski definition) is 2. The highest BCUT2D eigenvalue weighted by molar-refractivity contribution is 5.85. The molecular weight excluding hydrogens is 338 g/mol. The number of urea groups is 1. The van der Waals surface area contributed by atoms with Crippen LogP contribution < -0.4 is 15.4 Å². The summed E-state index contributed by atoms with van der Waals surface area (Å²) in [5.74, 6) is -1.50. The molecule has 0 saturated carbocycles. The van der Waals surface area contributed by atoms with E-state index >= 15 is 0 Å². The van der Waals surface area contributed by atoms with Crippen LogP contribution in [-0.2, 0) is 14.3 Å². The summed E-state index contributed by atoms with van der Waals surface area (Å²) in [6.45, 7) is 1.05. The van der Waals surface area contributed by atoms with E-state index in [1.54, 1.807) is 0 Å². The predicted molar refractivity (Wildman–Crippen MR) is 82.9 cm³/mol. The van der Waals surface area contributed by atoms with Crippen LogP contribution in [0.4, 0.5) is 13.6 Å². The SMILES string of the molecule is C=C1NC(=O)N[C@H](c2ccc(OC(F)F)cc2)[C@H]1C(=O)OCCOC. The lowest BCUT2D eigenvalue weighted by Gasteiger charge is -2.33. The second kappa shape index (κ2) is 8.43. The van der Waals surface area contributed by atoms with E-state index in [1.165, 1.54) is 31.4 Å². The highest BCUT2D eigenvalue weighted by Gasteiger charge is 2.38. The molecule has 25 heavy (non-hydrogen) atoms. The van der Waals surface area contributed by atoms with Crippen LogP contribution in [0.2, 0.25) is 0 Å². The zero-order chi connectivity index (χ0) is 18.4. The van der Waals surface area contributed by atoms with Crippen molar-refractivity contribution in [1.82, 2.24) is 10.6 Å². The van der Waals surface area contributed by atoms with Gasteiger partial charge in [0.15, 0.2) is 0 Å². The van der Waals surface area contributed by atoms with E-state index in [1.807, 2.05) is 0 Å². The number of nitrogens with one attached hydrogen (secondary N) is 2. The van der Waals surface area contributed by atoms with Gasteiger partial charge in [0.2, 0.25) is 0 Å². The molecule has 0 aliphatic carbocycles.